The number of likely N-dealkylation sites (N-methyl/N-ethyl adjacent to an activating group) is 1. The van der Waals surface area contributed by atoms with E-state index in [0.29, 0.717) is 6.04 Å². The molecule has 1 aliphatic rings. The molecule has 1 saturated carbocycles. The Labute approximate surface area is 115 Å². The maximum absolute atomic E-state index is 3.62. The van der Waals surface area contributed by atoms with Crippen LogP contribution in [0.25, 0.3) is 0 Å². The first-order valence-electron chi connectivity index (χ1n) is 8.10. The third-order valence-corrected chi connectivity index (χ3v) is 4.36. The fourth-order valence-electron chi connectivity index (χ4n) is 3.12. The highest BCUT2D eigenvalue weighted by Gasteiger charge is 2.23. The van der Waals surface area contributed by atoms with Crippen molar-refractivity contribution >= 4 is 0 Å². The van der Waals surface area contributed by atoms with Gasteiger partial charge in [-0.15, -0.1) is 0 Å². The van der Waals surface area contributed by atoms with E-state index in [9.17, 15) is 0 Å². The highest BCUT2D eigenvalue weighted by atomic mass is 15.2. The van der Waals surface area contributed by atoms with Crippen molar-refractivity contribution in [1.29, 1.82) is 0 Å². The van der Waals surface area contributed by atoms with Crippen LogP contribution < -0.4 is 5.32 Å². The molecule has 0 aromatic heterocycles. The minimum atomic E-state index is 0.604. The van der Waals surface area contributed by atoms with Gasteiger partial charge in [0.1, 0.15) is 0 Å². The maximum Gasteiger partial charge on any atom is 0.0220 e. The van der Waals surface area contributed by atoms with E-state index in [0.717, 1.165) is 18.6 Å². The Bertz CT molecular complexity index is 195. The van der Waals surface area contributed by atoms with E-state index in [1.54, 1.807) is 0 Å². The van der Waals surface area contributed by atoms with Crippen molar-refractivity contribution in [2.24, 2.45) is 0 Å². The second-order valence-electron chi connectivity index (χ2n) is 6.32. The molecular formula is C16H34N2. The van der Waals surface area contributed by atoms with Crippen LogP contribution in [-0.4, -0.2) is 36.6 Å². The molecule has 1 unspecified atom stereocenters. The van der Waals surface area contributed by atoms with Crippen LogP contribution in [0, 0.1) is 0 Å². The maximum atomic E-state index is 3.62. The Morgan fingerprint density at radius 2 is 1.72 bits per heavy atom. The van der Waals surface area contributed by atoms with E-state index in [4.69, 9.17) is 0 Å². The summed E-state index contributed by atoms with van der Waals surface area (Å²) in [6.45, 7) is 7.95. The van der Waals surface area contributed by atoms with Gasteiger partial charge in [-0.3, -0.25) is 4.90 Å². The fourth-order valence-corrected chi connectivity index (χ4v) is 3.12. The van der Waals surface area contributed by atoms with Gasteiger partial charge in [-0.05, 0) is 26.3 Å². The summed E-state index contributed by atoms with van der Waals surface area (Å²) < 4.78 is 0. The van der Waals surface area contributed by atoms with Crippen LogP contribution in [0.5, 0.6) is 0 Å². The number of hydrogen-bond donors (Lipinski definition) is 1. The molecule has 1 rings (SSSR count). The molecule has 1 atom stereocenters. The van der Waals surface area contributed by atoms with Crippen molar-refractivity contribution < 1.29 is 0 Å². The summed E-state index contributed by atoms with van der Waals surface area (Å²) in [7, 11) is 2.36. The van der Waals surface area contributed by atoms with Crippen molar-refractivity contribution in [2.45, 2.75) is 90.3 Å². The van der Waals surface area contributed by atoms with E-state index >= 15 is 0 Å². The molecule has 1 N–H and O–H groups in total. The van der Waals surface area contributed by atoms with E-state index in [-0.39, 0.29) is 0 Å². The van der Waals surface area contributed by atoms with Crippen LogP contribution in [0.2, 0.25) is 0 Å². The molecule has 0 aromatic carbocycles. The van der Waals surface area contributed by atoms with Gasteiger partial charge >= 0.3 is 0 Å². The van der Waals surface area contributed by atoms with Crippen LogP contribution in [0.15, 0.2) is 0 Å². The van der Waals surface area contributed by atoms with Gasteiger partial charge in [0.05, 0.1) is 0 Å². The molecule has 0 aromatic rings. The first kappa shape index (κ1) is 16.0. The summed E-state index contributed by atoms with van der Waals surface area (Å²) in [5.41, 5.74) is 0. The Morgan fingerprint density at radius 1 is 1.11 bits per heavy atom. The molecular weight excluding hydrogens is 220 g/mol. The molecule has 1 aliphatic carbocycles. The number of nitrogens with one attached hydrogen (secondary N) is 1. The number of nitrogens with zero attached hydrogens (tertiary/aromatic N) is 1. The zero-order chi connectivity index (χ0) is 13.4. The van der Waals surface area contributed by atoms with Gasteiger partial charge in [0, 0.05) is 24.7 Å². The van der Waals surface area contributed by atoms with Gasteiger partial charge in [-0.2, -0.15) is 0 Å². The Hall–Kier alpha value is -0.0800. The molecule has 1 fully saturated rings. The van der Waals surface area contributed by atoms with Gasteiger partial charge < -0.3 is 5.32 Å². The number of hydrogen-bond acceptors (Lipinski definition) is 2. The van der Waals surface area contributed by atoms with Crippen LogP contribution >= 0.6 is 0 Å². The second kappa shape index (κ2) is 8.92. The predicted octanol–water partition coefficient (Wildman–Crippen LogP) is 3.81. The van der Waals surface area contributed by atoms with Crippen molar-refractivity contribution in [1.82, 2.24) is 10.2 Å². The van der Waals surface area contributed by atoms with Gasteiger partial charge in [0.2, 0.25) is 0 Å². The van der Waals surface area contributed by atoms with Crippen molar-refractivity contribution in [3.05, 3.63) is 0 Å². The quantitative estimate of drug-likeness (QED) is 0.695. The van der Waals surface area contributed by atoms with Crippen LogP contribution in [0.4, 0.5) is 0 Å². The molecule has 2 heteroatoms. The lowest BCUT2D eigenvalue weighted by molar-refractivity contribution is 0.144. The molecule has 18 heavy (non-hydrogen) atoms. The van der Waals surface area contributed by atoms with E-state index in [1.165, 1.54) is 51.4 Å². The largest absolute Gasteiger partial charge is 0.313 e. The topological polar surface area (TPSA) is 15.3 Å². The summed E-state index contributed by atoms with van der Waals surface area (Å²) in [5.74, 6) is 0. The minimum absolute atomic E-state index is 0.604. The normalized spacial score (nSPS) is 20.3. The van der Waals surface area contributed by atoms with E-state index < -0.39 is 0 Å². The van der Waals surface area contributed by atoms with E-state index in [1.807, 2.05) is 0 Å². The van der Waals surface area contributed by atoms with Crippen LogP contribution in [0.1, 0.15) is 72.1 Å². The van der Waals surface area contributed by atoms with Crippen molar-refractivity contribution in [3.63, 3.8) is 0 Å². The fraction of sp³-hybridized carbons (Fsp3) is 1.00. The average Bonchev–Trinajstić information content (AvgIpc) is 2.62. The lowest BCUT2D eigenvalue weighted by atomic mass is 10.0. The molecule has 0 heterocycles. The first-order valence-corrected chi connectivity index (χ1v) is 8.10. The smallest absolute Gasteiger partial charge is 0.0220 e. The monoisotopic (exact) mass is 254 g/mol. The summed E-state index contributed by atoms with van der Waals surface area (Å²) in [6, 6.07) is 2.16. The lowest BCUT2D eigenvalue weighted by Crippen LogP contribution is -2.46. The minimum Gasteiger partial charge on any atom is -0.313 e. The molecule has 108 valence electrons. The molecule has 0 saturated heterocycles. The zero-order valence-electron chi connectivity index (χ0n) is 13.0. The third kappa shape index (κ3) is 5.71. The highest BCUT2D eigenvalue weighted by Crippen LogP contribution is 2.23. The standard InChI is InChI=1S/C16H34N2/c1-5-10-16(13-17-14(2)3)18(4)15-11-8-6-7-9-12-15/h14-17H,5-13H2,1-4H3. The van der Waals surface area contributed by atoms with Crippen molar-refractivity contribution in [3.8, 4) is 0 Å². The summed E-state index contributed by atoms with van der Waals surface area (Å²) in [5, 5.41) is 3.62. The summed E-state index contributed by atoms with van der Waals surface area (Å²) in [6.07, 6.45) is 11.2. The summed E-state index contributed by atoms with van der Waals surface area (Å²) in [4.78, 5) is 2.68. The van der Waals surface area contributed by atoms with Gasteiger partial charge in [-0.1, -0.05) is 52.9 Å². The van der Waals surface area contributed by atoms with Crippen LogP contribution in [0.3, 0.4) is 0 Å². The summed E-state index contributed by atoms with van der Waals surface area (Å²) >= 11 is 0. The van der Waals surface area contributed by atoms with Crippen molar-refractivity contribution in [2.75, 3.05) is 13.6 Å². The lowest BCUT2D eigenvalue weighted by Gasteiger charge is -2.35. The molecule has 0 radical (unpaired) electrons. The second-order valence-corrected chi connectivity index (χ2v) is 6.32. The predicted molar refractivity (Wildman–Crippen MR) is 81.1 cm³/mol. The molecule has 2 nitrogen and oxygen atoms in total. The molecule has 0 aliphatic heterocycles. The Balaban J connectivity index is 2.47. The van der Waals surface area contributed by atoms with Gasteiger partial charge in [0.15, 0.2) is 0 Å². The molecule has 0 spiro atoms. The van der Waals surface area contributed by atoms with Gasteiger partial charge in [-0.25, -0.2) is 0 Å². The molecule has 0 amide bonds. The first-order chi connectivity index (χ1) is 8.65. The van der Waals surface area contributed by atoms with Gasteiger partial charge in [0.25, 0.3) is 0 Å². The third-order valence-electron chi connectivity index (χ3n) is 4.36. The highest BCUT2D eigenvalue weighted by molar-refractivity contribution is 4.80. The Morgan fingerprint density at radius 3 is 2.22 bits per heavy atom. The zero-order valence-corrected chi connectivity index (χ0v) is 13.0. The van der Waals surface area contributed by atoms with Crippen LogP contribution in [-0.2, 0) is 0 Å². The molecule has 0 bridgehead atoms. The Kier molecular flexibility index (Phi) is 7.92. The number of rotatable bonds is 7. The van der Waals surface area contributed by atoms with E-state index in [2.05, 4.69) is 38.0 Å². The SMILES string of the molecule is CCCC(CNC(C)C)N(C)C1CCCCCC1. The average molecular weight is 254 g/mol.